The number of hydrogen-bond acceptors (Lipinski definition) is 4. The summed E-state index contributed by atoms with van der Waals surface area (Å²) in [6.45, 7) is 3.76. The van der Waals surface area contributed by atoms with Gasteiger partial charge >= 0.3 is 5.97 Å². The predicted octanol–water partition coefficient (Wildman–Crippen LogP) is 0.839. The molecule has 0 aromatic rings. The summed E-state index contributed by atoms with van der Waals surface area (Å²) < 4.78 is 0. The molecule has 0 heterocycles. The zero-order valence-electron chi connectivity index (χ0n) is 10.9. The first-order chi connectivity index (χ1) is 8.54. The number of carboxylic acid groups (broad SMARTS) is 1. The third-order valence-electron chi connectivity index (χ3n) is 3.09. The molecule has 1 fully saturated rings. The van der Waals surface area contributed by atoms with Crippen LogP contribution in [0.3, 0.4) is 0 Å². The second-order valence-corrected chi connectivity index (χ2v) is 6.05. The fourth-order valence-electron chi connectivity index (χ4n) is 2.29. The SMILES string of the molecule is CCSC1CCCC1NCC(NC(C)=O)C(=O)O. The molecule has 6 heteroatoms. The van der Waals surface area contributed by atoms with Gasteiger partial charge in [0.1, 0.15) is 6.04 Å². The Morgan fingerprint density at radius 2 is 2.17 bits per heavy atom. The zero-order valence-corrected chi connectivity index (χ0v) is 11.8. The van der Waals surface area contributed by atoms with Crippen molar-refractivity contribution < 1.29 is 14.7 Å². The standard InChI is InChI=1S/C12H22N2O3S/c1-3-18-11-6-4-5-9(11)13-7-10(12(16)17)14-8(2)15/h9-11,13H,3-7H2,1-2H3,(H,14,15)(H,16,17). The molecule has 1 aliphatic carbocycles. The van der Waals surface area contributed by atoms with Gasteiger partial charge in [0.05, 0.1) is 0 Å². The Balaban J connectivity index is 2.41. The summed E-state index contributed by atoms with van der Waals surface area (Å²) in [5, 5.41) is 15.3. The van der Waals surface area contributed by atoms with Crippen LogP contribution < -0.4 is 10.6 Å². The number of aliphatic carboxylic acids is 1. The molecule has 0 bridgehead atoms. The van der Waals surface area contributed by atoms with Crippen LogP contribution in [0.15, 0.2) is 0 Å². The number of carbonyl (C=O) groups excluding carboxylic acids is 1. The molecule has 3 atom stereocenters. The summed E-state index contributed by atoms with van der Waals surface area (Å²) in [5.41, 5.74) is 0. The number of hydrogen-bond donors (Lipinski definition) is 3. The van der Waals surface area contributed by atoms with Crippen molar-refractivity contribution in [1.29, 1.82) is 0 Å². The van der Waals surface area contributed by atoms with Crippen molar-refractivity contribution in [3.63, 3.8) is 0 Å². The van der Waals surface area contributed by atoms with Crippen LogP contribution in [0.25, 0.3) is 0 Å². The predicted molar refractivity (Wildman–Crippen MR) is 72.8 cm³/mol. The molecule has 0 aromatic heterocycles. The van der Waals surface area contributed by atoms with Crippen molar-refractivity contribution in [1.82, 2.24) is 10.6 Å². The lowest BCUT2D eigenvalue weighted by molar-refractivity contribution is -0.141. The minimum absolute atomic E-state index is 0.292. The van der Waals surface area contributed by atoms with Gasteiger partial charge in [0, 0.05) is 24.8 Å². The van der Waals surface area contributed by atoms with Crippen LogP contribution in [0.4, 0.5) is 0 Å². The maximum atomic E-state index is 11.0. The van der Waals surface area contributed by atoms with E-state index in [1.165, 1.54) is 19.8 Å². The lowest BCUT2D eigenvalue weighted by Crippen LogP contribution is -2.49. The lowest BCUT2D eigenvalue weighted by atomic mass is 10.2. The Hall–Kier alpha value is -0.750. The average Bonchev–Trinajstić information content (AvgIpc) is 2.71. The van der Waals surface area contributed by atoms with Gasteiger partial charge in [0.15, 0.2) is 0 Å². The Kier molecular flexibility index (Phi) is 6.49. The van der Waals surface area contributed by atoms with E-state index in [4.69, 9.17) is 5.11 Å². The first-order valence-electron chi connectivity index (χ1n) is 6.39. The Morgan fingerprint density at radius 3 is 2.72 bits per heavy atom. The zero-order chi connectivity index (χ0) is 13.5. The van der Waals surface area contributed by atoms with Crippen molar-refractivity contribution >= 4 is 23.6 Å². The largest absolute Gasteiger partial charge is 0.480 e. The van der Waals surface area contributed by atoms with Gasteiger partial charge < -0.3 is 15.7 Å². The van der Waals surface area contributed by atoms with Gasteiger partial charge in [-0.25, -0.2) is 4.79 Å². The minimum atomic E-state index is -0.990. The van der Waals surface area contributed by atoms with E-state index < -0.39 is 12.0 Å². The topological polar surface area (TPSA) is 78.4 Å². The van der Waals surface area contributed by atoms with E-state index in [0.29, 0.717) is 17.8 Å². The summed E-state index contributed by atoms with van der Waals surface area (Å²) >= 11 is 1.92. The maximum Gasteiger partial charge on any atom is 0.327 e. The smallest absolute Gasteiger partial charge is 0.327 e. The van der Waals surface area contributed by atoms with Crippen molar-refractivity contribution in [3.8, 4) is 0 Å². The number of carbonyl (C=O) groups is 2. The highest BCUT2D eigenvalue weighted by Crippen LogP contribution is 2.29. The maximum absolute atomic E-state index is 11.0. The van der Waals surface area contributed by atoms with E-state index in [1.807, 2.05) is 11.8 Å². The Morgan fingerprint density at radius 1 is 1.44 bits per heavy atom. The minimum Gasteiger partial charge on any atom is -0.480 e. The summed E-state index contributed by atoms with van der Waals surface area (Å²) in [5.74, 6) is -0.220. The number of amides is 1. The van der Waals surface area contributed by atoms with E-state index >= 15 is 0 Å². The van der Waals surface area contributed by atoms with Crippen LogP contribution in [0, 0.1) is 0 Å². The third-order valence-corrected chi connectivity index (χ3v) is 4.42. The van der Waals surface area contributed by atoms with E-state index in [0.717, 1.165) is 12.2 Å². The highest BCUT2D eigenvalue weighted by atomic mass is 32.2. The molecule has 1 rings (SSSR count). The normalized spacial score (nSPS) is 24.8. The van der Waals surface area contributed by atoms with Gasteiger partial charge in [-0.2, -0.15) is 11.8 Å². The van der Waals surface area contributed by atoms with E-state index in [1.54, 1.807) is 0 Å². The van der Waals surface area contributed by atoms with Gasteiger partial charge in [0.25, 0.3) is 0 Å². The van der Waals surface area contributed by atoms with Crippen LogP contribution in [0.5, 0.6) is 0 Å². The second kappa shape index (κ2) is 7.63. The molecule has 0 aliphatic heterocycles. The molecule has 3 N–H and O–H groups in total. The Bertz CT molecular complexity index is 299. The number of carboxylic acids is 1. The number of rotatable bonds is 7. The van der Waals surface area contributed by atoms with Crippen LogP contribution >= 0.6 is 11.8 Å². The van der Waals surface area contributed by atoms with Crippen molar-refractivity contribution in [3.05, 3.63) is 0 Å². The molecule has 1 saturated carbocycles. The number of thioether (sulfide) groups is 1. The van der Waals surface area contributed by atoms with Crippen LogP contribution in [0.1, 0.15) is 33.1 Å². The van der Waals surface area contributed by atoms with Gasteiger partial charge in [-0.1, -0.05) is 13.3 Å². The molecule has 104 valence electrons. The average molecular weight is 274 g/mol. The first-order valence-corrected chi connectivity index (χ1v) is 7.44. The third kappa shape index (κ3) is 4.86. The molecular weight excluding hydrogens is 252 g/mol. The van der Waals surface area contributed by atoms with Gasteiger partial charge in [-0.3, -0.25) is 4.79 Å². The molecular formula is C12H22N2O3S. The molecule has 0 radical (unpaired) electrons. The molecule has 0 saturated heterocycles. The first kappa shape index (κ1) is 15.3. The summed E-state index contributed by atoms with van der Waals surface area (Å²) in [6, 6.07) is -0.471. The monoisotopic (exact) mass is 274 g/mol. The number of nitrogens with one attached hydrogen (secondary N) is 2. The van der Waals surface area contributed by atoms with Gasteiger partial charge in [0.2, 0.25) is 5.91 Å². The molecule has 0 aromatic carbocycles. The van der Waals surface area contributed by atoms with Gasteiger partial charge in [-0.15, -0.1) is 0 Å². The highest BCUT2D eigenvalue weighted by molar-refractivity contribution is 7.99. The van der Waals surface area contributed by atoms with Crippen LogP contribution in [0.2, 0.25) is 0 Å². The van der Waals surface area contributed by atoms with Crippen molar-refractivity contribution in [2.24, 2.45) is 0 Å². The fourth-order valence-corrected chi connectivity index (χ4v) is 3.51. The quantitative estimate of drug-likeness (QED) is 0.641. The Labute approximate surface area is 112 Å². The molecule has 3 unspecified atom stereocenters. The highest BCUT2D eigenvalue weighted by Gasteiger charge is 2.28. The lowest BCUT2D eigenvalue weighted by Gasteiger charge is -2.22. The van der Waals surface area contributed by atoms with Crippen molar-refractivity contribution in [2.45, 2.75) is 50.4 Å². The summed E-state index contributed by atoms with van der Waals surface area (Å²) in [4.78, 5) is 21.9. The van der Waals surface area contributed by atoms with E-state index in [9.17, 15) is 9.59 Å². The molecule has 5 nitrogen and oxygen atoms in total. The van der Waals surface area contributed by atoms with Crippen LogP contribution in [-0.4, -0.2) is 46.6 Å². The fraction of sp³-hybridized carbons (Fsp3) is 0.833. The summed E-state index contributed by atoms with van der Waals surface area (Å²) in [7, 11) is 0. The van der Waals surface area contributed by atoms with Crippen molar-refractivity contribution in [2.75, 3.05) is 12.3 Å². The molecule has 1 amide bonds. The summed E-state index contributed by atoms with van der Waals surface area (Å²) in [6.07, 6.45) is 3.46. The van der Waals surface area contributed by atoms with E-state index in [2.05, 4.69) is 17.6 Å². The molecule has 18 heavy (non-hydrogen) atoms. The second-order valence-electron chi connectivity index (χ2n) is 4.53. The molecule has 1 aliphatic rings. The van der Waals surface area contributed by atoms with Gasteiger partial charge in [-0.05, 0) is 18.6 Å². The van der Waals surface area contributed by atoms with Crippen LogP contribution in [-0.2, 0) is 9.59 Å². The molecule has 0 spiro atoms. The van der Waals surface area contributed by atoms with E-state index in [-0.39, 0.29) is 5.91 Å².